The predicted molar refractivity (Wildman–Crippen MR) is 84.3 cm³/mol. The Bertz CT molecular complexity index is 621. The van der Waals surface area contributed by atoms with Crippen molar-refractivity contribution in [2.75, 3.05) is 32.7 Å². The smallest absolute Gasteiger partial charge is 0.150 e. The Kier molecular flexibility index (Phi) is 5.05. The lowest BCUT2D eigenvalue weighted by Gasteiger charge is -2.35. The topological polar surface area (TPSA) is 52.7 Å². The van der Waals surface area contributed by atoms with Gasteiger partial charge in [-0.3, -0.25) is 9.80 Å². The van der Waals surface area contributed by atoms with Gasteiger partial charge in [-0.25, -0.2) is 4.39 Å². The summed E-state index contributed by atoms with van der Waals surface area (Å²) in [5, 5.41) is 14.2. The highest BCUT2D eigenvalue weighted by molar-refractivity contribution is 5.18. The summed E-state index contributed by atoms with van der Waals surface area (Å²) >= 11 is 0. The number of aryl methyl sites for hydroxylation is 1. The molecule has 1 aliphatic heterocycles. The minimum Gasteiger partial charge on any atom is -0.387 e. The van der Waals surface area contributed by atoms with Crippen molar-refractivity contribution < 1.29 is 14.0 Å². The van der Waals surface area contributed by atoms with Gasteiger partial charge in [0, 0.05) is 38.8 Å². The van der Waals surface area contributed by atoms with Crippen LogP contribution in [0.2, 0.25) is 0 Å². The summed E-state index contributed by atoms with van der Waals surface area (Å²) in [6.45, 7) is 6.90. The molecule has 124 valence electrons. The molecular formula is C17H22FN3O2. The van der Waals surface area contributed by atoms with Gasteiger partial charge in [0.15, 0.2) is 5.76 Å². The third-order valence-corrected chi connectivity index (χ3v) is 4.21. The van der Waals surface area contributed by atoms with E-state index >= 15 is 0 Å². The van der Waals surface area contributed by atoms with E-state index < -0.39 is 6.10 Å². The fourth-order valence-corrected chi connectivity index (χ4v) is 2.88. The van der Waals surface area contributed by atoms with Crippen LogP contribution in [0.3, 0.4) is 0 Å². The highest BCUT2D eigenvalue weighted by Crippen LogP contribution is 2.16. The SMILES string of the molecule is Cc1cc(CN2CCN(C[C@@H](O)c3ccc(F)cc3)CC2)on1. The Hall–Kier alpha value is -1.76. The van der Waals surface area contributed by atoms with E-state index in [-0.39, 0.29) is 5.82 Å². The summed E-state index contributed by atoms with van der Waals surface area (Å²) in [6, 6.07) is 8.02. The minimum absolute atomic E-state index is 0.280. The first-order valence-electron chi connectivity index (χ1n) is 7.90. The Balaban J connectivity index is 1.46. The summed E-state index contributed by atoms with van der Waals surface area (Å²) in [4.78, 5) is 4.55. The van der Waals surface area contributed by atoms with E-state index in [1.165, 1.54) is 12.1 Å². The molecule has 1 aromatic carbocycles. The Labute approximate surface area is 135 Å². The molecule has 1 fully saturated rings. The molecular weight excluding hydrogens is 297 g/mol. The van der Waals surface area contributed by atoms with Crippen LogP contribution in [-0.2, 0) is 6.54 Å². The second kappa shape index (κ2) is 7.21. The van der Waals surface area contributed by atoms with Crippen LogP contribution in [0.15, 0.2) is 34.9 Å². The van der Waals surface area contributed by atoms with Crippen molar-refractivity contribution in [2.45, 2.75) is 19.6 Å². The van der Waals surface area contributed by atoms with Crippen molar-refractivity contribution in [2.24, 2.45) is 0 Å². The van der Waals surface area contributed by atoms with Crippen molar-refractivity contribution in [3.63, 3.8) is 0 Å². The molecule has 6 heteroatoms. The molecule has 0 saturated carbocycles. The van der Waals surface area contributed by atoms with Crippen LogP contribution in [0.5, 0.6) is 0 Å². The number of hydrogen-bond acceptors (Lipinski definition) is 5. The van der Waals surface area contributed by atoms with Crippen LogP contribution >= 0.6 is 0 Å². The van der Waals surface area contributed by atoms with Gasteiger partial charge < -0.3 is 9.63 Å². The number of hydrogen-bond donors (Lipinski definition) is 1. The van der Waals surface area contributed by atoms with E-state index in [0.717, 1.165) is 49.7 Å². The maximum absolute atomic E-state index is 12.9. The number of nitrogens with zero attached hydrogens (tertiary/aromatic N) is 3. The molecule has 0 amide bonds. The lowest BCUT2D eigenvalue weighted by atomic mass is 10.1. The van der Waals surface area contributed by atoms with Crippen molar-refractivity contribution in [1.29, 1.82) is 0 Å². The molecule has 1 aromatic heterocycles. The lowest BCUT2D eigenvalue weighted by molar-refractivity contribution is 0.0670. The molecule has 0 bridgehead atoms. The molecule has 5 nitrogen and oxygen atoms in total. The number of aliphatic hydroxyl groups excluding tert-OH is 1. The molecule has 3 rings (SSSR count). The molecule has 0 spiro atoms. The van der Waals surface area contributed by atoms with Gasteiger partial charge in [-0.05, 0) is 24.6 Å². The molecule has 1 saturated heterocycles. The quantitative estimate of drug-likeness (QED) is 0.913. The lowest BCUT2D eigenvalue weighted by Crippen LogP contribution is -2.47. The minimum atomic E-state index is -0.584. The summed E-state index contributed by atoms with van der Waals surface area (Å²) in [6.07, 6.45) is -0.584. The highest BCUT2D eigenvalue weighted by Gasteiger charge is 2.20. The standard InChI is InChI=1S/C17H22FN3O2/c1-13-10-16(23-19-13)11-20-6-8-21(9-7-20)12-17(22)14-2-4-15(18)5-3-14/h2-5,10,17,22H,6-9,11-12H2,1H3/t17-/m1/s1. The van der Waals surface area contributed by atoms with Gasteiger partial charge in [0.2, 0.25) is 0 Å². The average Bonchev–Trinajstić information content (AvgIpc) is 2.95. The average molecular weight is 319 g/mol. The fraction of sp³-hybridized carbons (Fsp3) is 0.471. The summed E-state index contributed by atoms with van der Waals surface area (Å²) in [7, 11) is 0. The number of aliphatic hydroxyl groups is 1. The van der Waals surface area contributed by atoms with Gasteiger partial charge in [-0.1, -0.05) is 17.3 Å². The van der Waals surface area contributed by atoms with Crippen LogP contribution in [0, 0.1) is 12.7 Å². The van der Waals surface area contributed by atoms with Gasteiger partial charge in [0.1, 0.15) is 5.82 Å². The monoisotopic (exact) mass is 319 g/mol. The second-order valence-corrected chi connectivity index (χ2v) is 6.08. The molecule has 1 aliphatic rings. The van der Waals surface area contributed by atoms with Gasteiger partial charge in [0.05, 0.1) is 18.3 Å². The maximum Gasteiger partial charge on any atom is 0.150 e. The molecule has 23 heavy (non-hydrogen) atoms. The Morgan fingerprint density at radius 2 is 1.83 bits per heavy atom. The van der Waals surface area contributed by atoms with Gasteiger partial charge in [-0.2, -0.15) is 0 Å². The zero-order valence-corrected chi connectivity index (χ0v) is 13.3. The van der Waals surface area contributed by atoms with Crippen molar-refractivity contribution in [3.05, 3.63) is 53.2 Å². The molecule has 0 radical (unpaired) electrons. The van der Waals surface area contributed by atoms with Crippen molar-refractivity contribution >= 4 is 0 Å². The number of aromatic nitrogens is 1. The molecule has 2 heterocycles. The van der Waals surface area contributed by atoms with Crippen LogP contribution < -0.4 is 0 Å². The van der Waals surface area contributed by atoms with E-state index in [9.17, 15) is 9.50 Å². The van der Waals surface area contributed by atoms with Crippen LogP contribution in [0.4, 0.5) is 4.39 Å². The van der Waals surface area contributed by atoms with E-state index in [4.69, 9.17) is 4.52 Å². The first-order valence-corrected chi connectivity index (χ1v) is 7.90. The van der Waals surface area contributed by atoms with Crippen LogP contribution in [0.25, 0.3) is 0 Å². The third kappa shape index (κ3) is 4.37. The molecule has 0 unspecified atom stereocenters. The van der Waals surface area contributed by atoms with Crippen molar-refractivity contribution in [3.8, 4) is 0 Å². The van der Waals surface area contributed by atoms with Crippen LogP contribution in [-0.4, -0.2) is 52.8 Å². The maximum atomic E-state index is 12.9. The second-order valence-electron chi connectivity index (χ2n) is 6.08. The molecule has 2 aromatic rings. The van der Waals surface area contributed by atoms with E-state index in [1.54, 1.807) is 12.1 Å². The van der Waals surface area contributed by atoms with Gasteiger partial charge >= 0.3 is 0 Å². The summed E-state index contributed by atoms with van der Waals surface area (Å²) in [5.41, 5.74) is 1.66. The molecule has 0 aliphatic carbocycles. The number of β-amino-alcohol motifs (C(OH)–C–C–N with tert-alkyl or cyclic N) is 1. The third-order valence-electron chi connectivity index (χ3n) is 4.21. The Morgan fingerprint density at radius 1 is 1.17 bits per heavy atom. The van der Waals surface area contributed by atoms with E-state index in [1.807, 2.05) is 13.0 Å². The number of rotatable bonds is 5. The normalized spacial score (nSPS) is 18.2. The Morgan fingerprint density at radius 3 is 2.43 bits per heavy atom. The zero-order valence-electron chi connectivity index (χ0n) is 13.3. The number of piperazine rings is 1. The van der Waals surface area contributed by atoms with Crippen molar-refractivity contribution in [1.82, 2.24) is 15.0 Å². The number of benzene rings is 1. The number of halogens is 1. The van der Waals surface area contributed by atoms with E-state index in [0.29, 0.717) is 6.54 Å². The molecule has 1 atom stereocenters. The summed E-state index contributed by atoms with van der Waals surface area (Å²) < 4.78 is 18.2. The fourth-order valence-electron chi connectivity index (χ4n) is 2.88. The predicted octanol–water partition coefficient (Wildman–Crippen LogP) is 1.97. The zero-order chi connectivity index (χ0) is 16.2. The largest absolute Gasteiger partial charge is 0.387 e. The summed E-state index contributed by atoms with van der Waals surface area (Å²) in [5.74, 6) is 0.611. The van der Waals surface area contributed by atoms with E-state index in [2.05, 4.69) is 15.0 Å². The highest BCUT2D eigenvalue weighted by atomic mass is 19.1. The molecule has 1 N–H and O–H groups in total. The first kappa shape index (κ1) is 16.1. The first-order chi connectivity index (χ1) is 11.1. The van der Waals surface area contributed by atoms with Crippen LogP contribution in [0.1, 0.15) is 23.1 Å². The van der Waals surface area contributed by atoms with Gasteiger partial charge in [-0.15, -0.1) is 0 Å². The van der Waals surface area contributed by atoms with Gasteiger partial charge in [0.25, 0.3) is 0 Å².